The summed E-state index contributed by atoms with van der Waals surface area (Å²) in [6, 6.07) is 44.5. The minimum atomic E-state index is 0.155. The van der Waals surface area contributed by atoms with Crippen molar-refractivity contribution in [2.75, 3.05) is 4.90 Å². The highest BCUT2D eigenvalue weighted by atomic mass is 15.1. The number of benzene rings is 5. The molecule has 0 atom stereocenters. The number of nitrogens with zero attached hydrogens (tertiary/aromatic N) is 1. The van der Waals surface area contributed by atoms with Gasteiger partial charge in [0, 0.05) is 17.1 Å². The molecule has 0 aliphatic rings. The van der Waals surface area contributed by atoms with Crippen LogP contribution in [0.15, 0.2) is 121 Å². The Labute approximate surface area is 241 Å². The van der Waals surface area contributed by atoms with E-state index in [1.54, 1.807) is 0 Å². The van der Waals surface area contributed by atoms with Crippen LogP contribution in [-0.4, -0.2) is 7.85 Å². The largest absolute Gasteiger partial charge is 0.311 e. The summed E-state index contributed by atoms with van der Waals surface area (Å²) in [6.07, 6.45) is 0. The highest BCUT2D eigenvalue weighted by molar-refractivity contribution is 6.32. The Morgan fingerprint density at radius 2 is 0.625 bits per heavy atom. The van der Waals surface area contributed by atoms with Crippen molar-refractivity contribution in [2.45, 2.75) is 52.4 Å². The summed E-state index contributed by atoms with van der Waals surface area (Å²) < 4.78 is 0. The molecule has 0 heterocycles. The van der Waals surface area contributed by atoms with Gasteiger partial charge in [0.05, 0.1) is 0 Å². The van der Waals surface area contributed by atoms with Crippen LogP contribution in [0.2, 0.25) is 0 Å². The van der Waals surface area contributed by atoms with Crippen LogP contribution in [0.3, 0.4) is 0 Å². The van der Waals surface area contributed by atoms with E-state index in [9.17, 15) is 0 Å². The molecule has 0 saturated heterocycles. The first-order chi connectivity index (χ1) is 19.0. The van der Waals surface area contributed by atoms with Gasteiger partial charge >= 0.3 is 0 Å². The van der Waals surface area contributed by atoms with Gasteiger partial charge in [-0.25, -0.2) is 0 Å². The molecule has 0 fully saturated rings. The number of anilines is 3. The molecule has 0 saturated carbocycles. The van der Waals surface area contributed by atoms with Gasteiger partial charge in [0.25, 0.3) is 0 Å². The van der Waals surface area contributed by atoms with Crippen LogP contribution in [0.25, 0.3) is 22.3 Å². The van der Waals surface area contributed by atoms with Gasteiger partial charge in [-0.3, -0.25) is 0 Å². The maximum absolute atomic E-state index is 2.33. The highest BCUT2D eigenvalue weighted by Crippen LogP contribution is 2.37. The fourth-order valence-corrected chi connectivity index (χ4v) is 5.07. The smallest absolute Gasteiger partial charge is 0.139 e. The average molecular weight is 522 g/mol. The van der Waals surface area contributed by atoms with Gasteiger partial charge in [0.15, 0.2) is 0 Å². The van der Waals surface area contributed by atoms with Gasteiger partial charge in [0.2, 0.25) is 0 Å². The average Bonchev–Trinajstić information content (AvgIpc) is 2.94. The normalized spacial score (nSPS) is 11.8. The number of rotatable bonds is 5. The summed E-state index contributed by atoms with van der Waals surface area (Å²) in [5, 5.41) is 0. The third kappa shape index (κ3) is 6.07. The zero-order valence-electron chi connectivity index (χ0n) is 25.0. The summed E-state index contributed by atoms with van der Waals surface area (Å²) >= 11 is 0. The minimum Gasteiger partial charge on any atom is -0.311 e. The lowest BCUT2D eigenvalue weighted by molar-refractivity contribution is 0.590. The van der Waals surface area contributed by atoms with Crippen LogP contribution in [0.5, 0.6) is 0 Å². The van der Waals surface area contributed by atoms with E-state index in [4.69, 9.17) is 0 Å². The molecular formula is C38H40BN. The highest BCUT2D eigenvalue weighted by Gasteiger charge is 2.16. The zero-order valence-corrected chi connectivity index (χ0v) is 25.0. The molecule has 0 radical (unpaired) electrons. The van der Waals surface area contributed by atoms with Gasteiger partial charge < -0.3 is 4.90 Å². The van der Waals surface area contributed by atoms with Crippen LogP contribution >= 0.6 is 0 Å². The van der Waals surface area contributed by atoms with Gasteiger partial charge in [-0.05, 0) is 80.6 Å². The molecule has 0 N–H and O–H groups in total. The van der Waals surface area contributed by atoms with E-state index < -0.39 is 0 Å². The molecule has 5 rings (SSSR count). The third-order valence-corrected chi connectivity index (χ3v) is 7.71. The molecule has 0 amide bonds. The Balaban J connectivity index is 1.46. The lowest BCUT2D eigenvalue weighted by Crippen LogP contribution is -2.11. The number of hydrogen-bond donors (Lipinski definition) is 0. The van der Waals surface area contributed by atoms with Gasteiger partial charge in [-0.15, -0.1) is 0 Å². The second-order valence-corrected chi connectivity index (χ2v) is 12.9. The summed E-state index contributed by atoms with van der Waals surface area (Å²) in [5.74, 6) is 0. The monoisotopic (exact) mass is 521 g/mol. The van der Waals surface area contributed by atoms with Crippen molar-refractivity contribution < 1.29 is 0 Å². The molecule has 0 aliphatic heterocycles. The van der Waals surface area contributed by atoms with Crippen molar-refractivity contribution in [3.05, 3.63) is 132 Å². The second-order valence-electron chi connectivity index (χ2n) is 12.9. The Morgan fingerprint density at radius 3 is 0.900 bits per heavy atom. The molecule has 200 valence electrons. The number of hydrogen-bond acceptors (Lipinski definition) is 1. The molecule has 1 nitrogen and oxygen atoms in total. The first-order valence-electron chi connectivity index (χ1n) is 14.3. The van der Waals surface area contributed by atoms with Gasteiger partial charge in [-0.2, -0.15) is 0 Å². The lowest BCUT2D eigenvalue weighted by atomic mass is 9.86. The van der Waals surface area contributed by atoms with E-state index in [1.807, 2.05) is 0 Å². The van der Waals surface area contributed by atoms with Crippen LogP contribution in [0.1, 0.15) is 52.7 Å². The molecule has 2 heteroatoms. The van der Waals surface area contributed by atoms with Crippen molar-refractivity contribution in [3.63, 3.8) is 0 Å². The maximum Gasteiger partial charge on any atom is 0.139 e. The zero-order chi connectivity index (χ0) is 28.5. The third-order valence-electron chi connectivity index (χ3n) is 7.71. The maximum atomic E-state index is 2.33. The first kappa shape index (κ1) is 27.5. The van der Waals surface area contributed by atoms with Crippen molar-refractivity contribution in [1.82, 2.24) is 0 Å². The van der Waals surface area contributed by atoms with Gasteiger partial charge in [-0.1, -0.05) is 132 Å². The van der Waals surface area contributed by atoms with Crippen LogP contribution in [-0.2, 0) is 10.8 Å². The quantitative estimate of drug-likeness (QED) is 0.208. The molecule has 5 aromatic carbocycles. The second kappa shape index (κ2) is 10.9. The van der Waals surface area contributed by atoms with Crippen molar-refractivity contribution in [2.24, 2.45) is 0 Å². The summed E-state index contributed by atoms with van der Waals surface area (Å²) in [6.45, 7) is 13.5. The molecule has 0 aromatic heterocycles. The van der Waals surface area contributed by atoms with Gasteiger partial charge in [0.1, 0.15) is 7.85 Å². The van der Waals surface area contributed by atoms with Crippen molar-refractivity contribution in [1.29, 1.82) is 0 Å². The summed E-state index contributed by atoms with van der Waals surface area (Å²) in [7, 11) is 2.13. The van der Waals surface area contributed by atoms with E-state index in [2.05, 4.69) is 176 Å². The Kier molecular flexibility index (Phi) is 7.47. The molecule has 0 aliphatic carbocycles. The van der Waals surface area contributed by atoms with Crippen LogP contribution in [0.4, 0.5) is 17.1 Å². The fraction of sp³-hybridized carbons (Fsp3) is 0.211. The van der Waals surface area contributed by atoms with Crippen molar-refractivity contribution in [3.8, 4) is 22.3 Å². The minimum absolute atomic E-state index is 0.155. The van der Waals surface area contributed by atoms with Crippen LogP contribution < -0.4 is 10.4 Å². The summed E-state index contributed by atoms with van der Waals surface area (Å²) in [4.78, 5) is 2.33. The summed E-state index contributed by atoms with van der Waals surface area (Å²) in [5.41, 5.74) is 12.6. The molecule has 5 aromatic rings. The molecular weight excluding hydrogens is 481 g/mol. The Hall–Kier alpha value is -4.04. The van der Waals surface area contributed by atoms with E-state index in [0.29, 0.717) is 0 Å². The van der Waals surface area contributed by atoms with E-state index in [0.717, 1.165) is 17.1 Å². The standard InChI is InChI=1S/C38H40BN/c1-37(2,3)31-15-7-27(8-16-31)29-11-21-34(22-12-29)40(36-25-19-33(39)20-26-36)35-23-13-30(14-24-35)28-9-17-32(18-10-28)38(4,5)6/h7-26H,39H2,1-6H3. The molecule has 0 spiro atoms. The fourth-order valence-electron chi connectivity index (χ4n) is 5.07. The van der Waals surface area contributed by atoms with E-state index in [1.165, 1.54) is 38.8 Å². The molecule has 40 heavy (non-hydrogen) atoms. The SMILES string of the molecule is Bc1ccc(N(c2ccc(-c3ccc(C(C)(C)C)cc3)cc2)c2ccc(-c3ccc(C(C)(C)C)cc3)cc2)cc1. The molecule has 0 unspecified atom stereocenters. The predicted octanol–water partition coefficient (Wildman–Crippen LogP) is 9.34. The van der Waals surface area contributed by atoms with Crippen LogP contribution in [0, 0.1) is 0 Å². The van der Waals surface area contributed by atoms with E-state index in [-0.39, 0.29) is 10.8 Å². The lowest BCUT2D eigenvalue weighted by Gasteiger charge is -2.26. The Bertz CT molecular complexity index is 1450. The molecule has 0 bridgehead atoms. The topological polar surface area (TPSA) is 3.24 Å². The predicted molar refractivity (Wildman–Crippen MR) is 178 cm³/mol. The first-order valence-corrected chi connectivity index (χ1v) is 14.3. The van der Waals surface area contributed by atoms with E-state index >= 15 is 0 Å². The Morgan fingerprint density at radius 1 is 0.375 bits per heavy atom. The van der Waals surface area contributed by atoms with Crippen molar-refractivity contribution >= 4 is 30.4 Å².